The van der Waals surface area contributed by atoms with E-state index in [1.165, 1.54) is 0 Å². The molecule has 1 heterocycles. The Morgan fingerprint density at radius 1 is 0.923 bits per heavy atom. The van der Waals surface area contributed by atoms with Gasteiger partial charge in [-0.05, 0) is 17.7 Å². The molecular weight excluding hydrogens is 328 g/mol. The predicted molar refractivity (Wildman–Crippen MR) is 101 cm³/mol. The highest BCUT2D eigenvalue weighted by atomic mass is 16.3. The number of para-hydroxylation sites is 1. The fourth-order valence-corrected chi connectivity index (χ4v) is 3.01. The van der Waals surface area contributed by atoms with Gasteiger partial charge in [0.2, 0.25) is 11.8 Å². The van der Waals surface area contributed by atoms with Gasteiger partial charge < -0.3 is 10.0 Å². The van der Waals surface area contributed by atoms with Crippen LogP contribution in [0.3, 0.4) is 0 Å². The van der Waals surface area contributed by atoms with Crippen LogP contribution in [0.25, 0.3) is 10.9 Å². The fraction of sp³-hybridized carbons (Fsp3) is 0.238. The van der Waals surface area contributed by atoms with Gasteiger partial charge >= 0.3 is 0 Å². The molecule has 0 aliphatic carbocycles. The van der Waals surface area contributed by atoms with Gasteiger partial charge in [0.25, 0.3) is 0 Å². The lowest BCUT2D eigenvalue weighted by Gasteiger charge is -2.22. The van der Waals surface area contributed by atoms with E-state index in [0.29, 0.717) is 6.54 Å². The number of rotatable bonds is 7. The number of hydrogen-bond acceptors (Lipinski definition) is 3. The Kier molecular flexibility index (Phi) is 5.81. The van der Waals surface area contributed by atoms with Gasteiger partial charge in [0.1, 0.15) is 0 Å². The van der Waals surface area contributed by atoms with Gasteiger partial charge in [-0.2, -0.15) is 0 Å². The molecule has 1 aromatic heterocycles. The first-order valence-electron chi connectivity index (χ1n) is 8.71. The maximum absolute atomic E-state index is 12.5. The van der Waals surface area contributed by atoms with Crippen molar-refractivity contribution in [3.63, 3.8) is 0 Å². The lowest BCUT2D eigenvalue weighted by Crippen LogP contribution is -2.33. The minimum absolute atomic E-state index is 0.102. The molecular formula is C21H22N2O3. The first-order chi connectivity index (χ1) is 12.7. The third kappa shape index (κ3) is 4.18. The van der Waals surface area contributed by atoms with Crippen molar-refractivity contribution in [1.82, 2.24) is 9.47 Å². The molecule has 3 aromatic rings. The number of carbonyl (C=O) groups excluding carboxylic acids is 2. The minimum atomic E-state index is -0.132. The molecule has 0 unspecified atom stereocenters. The second-order valence-electron chi connectivity index (χ2n) is 6.16. The summed E-state index contributed by atoms with van der Waals surface area (Å²) in [6.45, 7) is 0.587. The molecule has 0 bridgehead atoms. The molecule has 0 spiro atoms. The van der Waals surface area contributed by atoms with Gasteiger partial charge in [0.05, 0.1) is 12.1 Å². The Balaban J connectivity index is 1.63. The third-order valence-electron chi connectivity index (χ3n) is 4.36. The van der Waals surface area contributed by atoms with Gasteiger partial charge in [-0.3, -0.25) is 14.2 Å². The molecule has 3 rings (SSSR count). The number of carbonyl (C=O) groups is 2. The molecule has 0 aliphatic heterocycles. The smallest absolute Gasteiger partial charge is 0.231 e. The van der Waals surface area contributed by atoms with Gasteiger partial charge in [-0.25, -0.2) is 0 Å². The van der Waals surface area contributed by atoms with E-state index in [1.54, 1.807) is 15.7 Å². The van der Waals surface area contributed by atoms with Crippen LogP contribution in [-0.2, 0) is 11.3 Å². The highest BCUT2D eigenvalue weighted by Crippen LogP contribution is 2.16. The quantitative estimate of drug-likeness (QED) is 0.712. The van der Waals surface area contributed by atoms with Crippen molar-refractivity contribution in [2.24, 2.45) is 0 Å². The molecule has 0 saturated carbocycles. The predicted octanol–water partition coefficient (Wildman–Crippen LogP) is 3.08. The van der Waals surface area contributed by atoms with E-state index in [-0.39, 0.29) is 37.8 Å². The van der Waals surface area contributed by atoms with Crippen LogP contribution in [0.5, 0.6) is 0 Å². The van der Waals surface area contributed by atoms with E-state index in [1.807, 2.05) is 60.7 Å². The molecule has 5 nitrogen and oxygen atoms in total. The third-order valence-corrected chi connectivity index (χ3v) is 4.36. The van der Waals surface area contributed by atoms with E-state index >= 15 is 0 Å². The zero-order valence-electron chi connectivity index (χ0n) is 14.5. The second-order valence-corrected chi connectivity index (χ2v) is 6.16. The highest BCUT2D eigenvalue weighted by molar-refractivity contribution is 5.93. The van der Waals surface area contributed by atoms with Gasteiger partial charge in [-0.15, -0.1) is 0 Å². The van der Waals surface area contributed by atoms with Crippen LogP contribution in [0.2, 0.25) is 0 Å². The summed E-state index contributed by atoms with van der Waals surface area (Å²) in [6, 6.07) is 19.2. The van der Waals surface area contributed by atoms with E-state index in [0.717, 1.165) is 16.5 Å². The van der Waals surface area contributed by atoms with Gasteiger partial charge in [-0.1, -0.05) is 48.5 Å². The Bertz CT molecular complexity index is 886. The van der Waals surface area contributed by atoms with E-state index in [9.17, 15) is 14.7 Å². The van der Waals surface area contributed by atoms with E-state index in [4.69, 9.17) is 0 Å². The van der Waals surface area contributed by atoms with Crippen molar-refractivity contribution in [3.8, 4) is 0 Å². The number of nitrogens with zero attached hydrogens (tertiary/aromatic N) is 2. The molecule has 1 N–H and O–H groups in total. The molecule has 0 aliphatic rings. The zero-order valence-corrected chi connectivity index (χ0v) is 14.5. The molecule has 0 saturated heterocycles. The van der Waals surface area contributed by atoms with Gasteiger partial charge in [0, 0.05) is 37.5 Å². The summed E-state index contributed by atoms with van der Waals surface area (Å²) in [5, 5.41) is 10.2. The van der Waals surface area contributed by atoms with Crippen LogP contribution in [0, 0.1) is 0 Å². The Labute approximate surface area is 152 Å². The Morgan fingerprint density at radius 3 is 2.42 bits per heavy atom. The number of aliphatic hydroxyl groups excluding tert-OH is 1. The average Bonchev–Trinajstić information content (AvgIpc) is 3.10. The van der Waals surface area contributed by atoms with Crippen molar-refractivity contribution >= 4 is 22.7 Å². The largest absolute Gasteiger partial charge is 0.395 e. The summed E-state index contributed by atoms with van der Waals surface area (Å²) in [5.41, 5.74) is 1.85. The lowest BCUT2D eigenvalue weighted by atomic mass is 10.2. The van der Waals surface area contributed by atoms with Gasteiger partial charge in [0.15, 0.2) is 0 Å². The van der Waals surface area contributed by atoms with Crippen LogP contribution in [-0.4, -0.2) is 39.5 Å². The molecule has 134 valence electrons. The van der Waals surface area contributed by atoms with Crippen molar-refractivity contribution in [1.29, 1.82) is 0 Å². The highest BCUT2D eigenvalue weighted by Gasteiger charge is 2.16. The number of hydrogen-bond donors (Lipinski definition) is 1. The Morgan fingerprint density at radius 2 is 1.65 bits per heavy atom. The second kappa shape index (κ2) is 8.45. The summed E-state index contributed by atoms with van der Waals surface area (Å²) < 4.78 is 1.59. The number of fused-ring (bicyclic) bond motifs is 1. The van der Waals surface area contributed by atoms with Crippen LogP contribution < -0.4 is 0 Å². The molecule has 0 atom stereocenters. The van der Waals surface area contributed by atoms with Crippen molar-refractivity contribution < 1.29 is 14.7 Å². The normalized spacial score (nSPS) is 10.8. The summed E-state index contributed by atoms with van der Waals surface area (Å²) in [6.07, 6.45) is 2.00. The standard InChI is InChI=1S/C21H22N2O3/c24-15-14-22(16-17-6-2-1-3-7-17)20(25)10-11-21(26)23-13-12-18-8-4-5-9-19(18)23/h1-9,12-13,24H,10-11,14-16H2. The Hall–Kier alpha value is -2.92. The minimum Gasteiger partial charge on any atom is -0.395 e. The molecule has 2 aromatic carbocycles. The monoisotopic (exact) mass is 350 g/mol. The van der Waals surface area contributed by atoms with Crippen LogP contribution in [0.15, 0.2) is 66.9 Å². The molecule has 1 amide bonds. The van der Waals surface area contributed by atoms with E-state index < -0.39 is 0 Å². The van der Waals surface area contributed by atoms with Crippen LogP contribution >= 0.6 is 0 Å². The van der Waals surface area contributed by atoms with Crippen molar-refractivity contribution in [3.05, 3.63) is 72.4 Å². The molecule has 0 fully saturated rings. The maximum atomic E-state index is 12.5. The maximum Gasteiger partial charge on any atom is 0.231 e. The van der Waals surface area contributed by atoms with Crippen molar-refractivity contribution in [2.45, 2.75) is 19.4 Å². The average molecular weight is 350 g/mol. The molecule has 5 heteroatoms. The number of amides is 1. The van der Waals surface area contributed by atoms with Crippen LogP contribution in [0.4, 0.5) is 0 Å². The summed E-state index contributed by atoms with van der Waals surface area (Å²) in [7, 11) is 0. The lowest BCUT2D eigenvalue weighted by molar-refractivity contribution is -0.132. The molecule has 0 radical (unpaired) electrons. The zero-order chi connectivity index (χ0) is 18.4. The number of benzene rings is 2. The molecule has 26 heavy (non-hydrogen) atoms. The fourth-order valence-electron chi connectivity index (χ4n) is 3.01. The summed E-state index contributed by atoms with van der Waals surface area (Å²) in [4.78, 5) is 26.6. The van der Waals surface area contributed by atoms with Crippen molar-refractivity contribution in [2.75, 3.05) is 13.2 Å². The summed E-state index contributed by atoms with van der Waals surface area (Å²) >= 11 is 0. The van der Waals surface area contributed by atoms with E-state index in [2.05, 4.69) is 0 Å². The number of aliphatic hydroxyl groups is 1. The SMILES string of the molecule is O=C(CCC(=O)n1ccc2ccccc21)N(CCO)Cc1ccccc1. The number of aromatic nitrogens is 1. The van der Waals surface area contributed by atoms with Crippen LogP contribution in [0.1, 0.15) is 23.2 Å². The topological polar surface area (TPSA) is 62.5 Å². The first kappa shape index (κ1) is 17.9. The first-order valence-corrected chi connectivity index (χ1v) is 8.71. The summed E-state index contributed by atoms with van der Waals surface area (Å²) in [5.74, 6) is -0.240.